The zero-order chi connectivity index (χ0) is 32.8. The predicted octanol–water partition coefficient (Wildman–Crippen LogP) is 4.93. The molecule has 0 radical (unpaired) electrons. The summed E-state index contributed by atoms with van der Waals surface area (Å²) in [4.78, 5) is 56.7. The molecular weight excluding hydrogens is 630 g/mol. The molecule has 4 amide bonds. The number of para-hydroxylation sites is 1. The summed E-state index contributed by atoms with van der Waals surface area (Å²) < 4.78 is 11.6. The number of unbranched alkanes of at least 4 members (excludes halogenated alkanes) is 1. The lowest BCUT2D eigenvalue weighted by molar-refractivity contribution is -0.134. The van der Waals surface area contributed by atoms with Crippen LogP contribution in [0.5, 0.6) is 11.5 Å². The number of anilines is 1. The molecule has 4 N–H and O–H groups in total. The Kier molecular flexibility index (Phi) is 8.44. The van der Waals surface area contributed by atoms with Crippen molar-refractivity contribution < 1.29 is 28.7 Å². The average molecular weight is 672 g/mol. The molecule has 4 aliphatic heterocycles. The number of ether oxygens (including phenoxy) is 2. The number of nitrogens with one attached hydrogen (secondary N) is 4. The number of hydrogen-bond donors (Lipinski definition) is 4. The molecule has 11 nitrogen and oxygen atoms in total. The van der Waals surface area contributed by atoms with Crippen LogP contribution < -0.4 is 25.4 Å². The van der Waals surface area contributed by atoms with E-state index in [4.69, 9.17) is 9.47 Å². The number of hydrogen-bond acceptors (Lipinski definition) is 7. The second kappa shape index (κ2) is 13.0. The number of fused-ring (bicyclic) bond motifs is 5. The highest BCUT2D eigenvalue weighted by Crippen LogP contribution is 2.38. The van der Waals surface area contributed by atoms with Crippen LogP contribution in [0.4, 0.5) is 10.5 Å². The van der Waals surface area contributed by atoms with Gasteiger partial charge in [-0.3, -0.25) is 14.4 Å². The Morgan fingerprint density at radius 1 is 0.979 bits per heavy atom. The Bertz CT molecular complexity index is 1770. The lowest BCUT2D eigenvalue weighted by atomic mass is 9.94. The minimum absolute atomic E-state index is 0.0144. The second-order valence-corrected chi connectivity index (χ2v) is 14.9. The number of Topliss-reactive ketones (excluding diaryl/α,β-unsaturated/α-hetero) is 1. The molecule has 12 heteroatoms. The predicted molar refractivity (Wildman–Crippen MR) is 183 cm³/mol. The van der Waals surface area contributed by atoms with Crippen molar-refractivity contribution in [2.24, 2.45) is 5.92 Å². The molecule has 5 aliphatic rings. The van der Waals surface area contributed by atoms with Gasteiger partial charge in [-0.2, -0.15) is 11.8 Å². The Hall–Kier alpha value is -4.19. The van der Waals surface area contributed by atoms with E-state index < -0.39 is 6.29 Å². The van der Waals surface area contributed by atoms with E-state index in [1.165, 1.54) is 24.1 Å². The molecule has 5 heterocycles. The van der Waals surface area contributed by atoms with Crippen LogP contribution in [-0.4, -0.2) is 76.0 Å². The van der Waals surface area contributed by atoms with Gasteiger partial charge in [-0.25, -0.2) is 4.79 Å². The van der Waals surface area contributed by atoms with Gasteiger partial charge >= 0.3 is 12.3 Å². The Morgan fingerprint density at radius 3 is 2.69 bits per heavy atom. The maximum atomic E-state index is 13.6. The number of aromatic nitrogens is 1. The van der Waals surface area contributed by atoms with Crippen LogP contribution in [0.3, 0.4) is 0 Å². The minimum atomic E-state index is -0.987. The lowest BCUT2D eigenvalue weighted by Gasteiger charge is -2.31. The van der Waals surface area contributed by atoms with Gasteiger partial charge in [-0.1, -0.05) is 18.6 Å². The highest BCUT2D eigenvalue weighted by molar-refractivity contribution is 8.00. The largest absolute Gasteiger partial charge is 0.444 e. The summed E-state index contributed by atoms with van der Waals surface area (Å²) >= 11 is 1.87. The zero-order valence-corrected chi connectivity index (χ0v) is 27.7. The fourth-order valence-corrected chi connectivity index (χ4v) is 9.48. The topological polar surface area (TPSA) is 142 Å². The molecule has 1 aliphatic carbocycles. The highest BCUT2D eigenvalue weighted by atomic mass is 32.2. The van der Waals surface area contributed by atoms with E-state index in [2.05, 4.69) is 27.0 Å². The first-order valence-electron chi connectivity index (χ1n) is 17.3. The van der Waals surface area contributed by atoms with Crippen molar-refractivity contribution in [1.82, 2.24) is 20.5 Å². The number of ketones is 1. The Labute approximate surface area is 283 Å². The van der Waals surface area contributed by atoms with Crippen LogP contribution in [0.25, 0.3) is 10.9 Å². The number of thioether (sulfide) groups is 1. The van der Waals surface area contributed by atoms with Gasteiger partial charge in [-0.15, -0.1) is 0 Å². The van der Waals surface area contributed by atoms with Gasteiger partial charge in [0.15, 0.2) is 11.5 Å². The molecule has 2 aromatic carbocycles. The third kappa shape index (κ3) is 5.99. The molecule has 3 fully saturated rings. The summed E-state index contributed by atoms with van der Waals surface area (Å²) in [5.41, 5.74) is 4.85. The van der Waals surface area contributed by atoms with Crippen LogP contribution >= 0.6 is 11.8 Å². The summed E-state index contributed by atoms with van der Waals surface area (Å²) in [6, 6.07) is 11.5. The first kappa shape index (κ1) is 31.1. The van der Waals surface area contributed by atoms with Gasteiger partial charge in [-0.05, 0) is 75.1 Å². The van der Waals surface area contributed by atoms with E-state index in [0.29, 0.717) is 60.4 Å². The number of carbonyl (C=O) groups is 4. The van der Waals surface area contributed by atoms with E-state index in [-0.39, 0.29) is 41.6 Å². The van der Waals surface area contributed by atoms with Crippen molar-refractivity contribution in [2.75, 3.05) is 24.2 Å². The SMILES string of the molecule is O=C1N[C@H]2[C@H](CS[C@H]2CCCCC(=O)C2Oc3ccc(NC(=O)C4CCN(C(=O)c5cccc6c7c([nH]c56)CCCC7)CC4)cc3O2)N1. The fourth-order valence-electron chi connectivity index (χ4n) is 7.93. The minimum Gasteiger partial charge on any atom is -0.444 e. The summed E-state index contributed by atoms with van der Waals surface area (Å²) in [6.07, 6.45) is 7.53. The molecule has 252 valence electrons. The lowest BCUT2D eigenvalue weighted by Crippen LogP contribution is -2.41. The van der Waals surface area contributed by atoms with E-state index in [1.807, 2.05) is 28.8 Å². The Balaban J connectivity index is 0.799. The number of benzene rings is 2. The number of amides is 4. The van der Waals surface area contributed by atoms with Crippen molar-refractivity contribution in [2.45, 2.75) is 87.8 Å². The van der Waals surface area contributed by atoms with Gasteiger partial charge < -0.3 is 35.3 Å². The van der Waals surface area contributed by atoms with Crippen molar-refractivity contribution >= 4 is 52.0 Å². The van der Waals surface area contributed by atoms with E-state index in [9.17, 15) is 19.2 Å². The van der Waals surface area contributed by atoms with Gasteiger partial charge in [0.05, 0.1) is 23.2 Å². The number of rotatable bonds is 9. The molecule has 8 rings (SSSR count). The zero-order valence-electron chi connectivity index (χ0n) is 26.8. The normalized spacial score (nSPS) is 24.6. The molecule has 0 saturated carbocycles. The summed E-state index contributed by atoms with van der Waals surface area (Å²) in [6.45, 7) is 1.04. The van der Waals surface area contributed by atoms with Crippen LogP contribution in [0.15, 0.2) is 36.4 Å². The van der Waals surface area contributed by atoms with Gasteiger partial charge in [0, 0.05) is 59.3 Å². The molecule has 3 saturated heterocycles. The van der Waals surface area contributed by atoms with Gasteiger partial charge in [0.1, 0.15) is 0 Å². The second-order valence-electron chi connectivity index (χ2n) is 13.6. The molecule has 0 bridgehead atoms. The summed E-state index contributed by atoms with van der Waals surface area (Å²) in [5, 5.41) is 10.5. The summed E-state index contributed by atoms with van der Waals surface area (Å²) in [5.74, 6) is 1.44. The van der Waals surface area contributed by atoms with Gasteiger partial charge in [0.2, 0.25) is 11.7 Å². The first-order valence-corrected chi connectivity index (χ1v) is 18.4. The molecule has 4 atom stereocenters. The molecule has 3 aromatic rings. The monoisotopic (exact) mass is 671 g/mol. The first-order chi connectivity index (χ1) is 23.4. The molecule has 0 spiro atoms. The molecule has 1 unspecified atom stereocenters. The van der Waals surface area contributed by atoms with Crippen LogP contribution in [0.1, 0.15) is 73.0 Å². The van der Waals surface area contributed by atoms with Crippen molar-refractivity contribution in [1.29, 1.82) is 0 Å². The molecular formula is C36H41N5O6S. The van der Waals surface area contributed by atoms with Crippen LogP contribution in [0.2, 0.25) is 0 Å². The number of piperidine rings is 1. The number of urea groups is 1. The Morgan fingerprint density at radius 2 is 1.81 bits per heavy atom. The quantitative estimate of drug-likeness (QED) is 0.187. The fraction of sp³-hybridized carbons (Fsp3) is 0.500. The standard InChI is InChI=1S/C36H41N5O6S/c42-27(10-3-4-11-30-32-26(19-48-30)39-36(45)40-32)35-46-28-13-12-21(18-29(28)47-35)37-33(43)20-14-16-41(17-15-20)34(44)24-8-5-7-23-22-6-1-2-9-25(22)38-31(23)24/h5,7-8,12-13,18,20,26,30,32,35,38H,1-4,6,9-11,14-17,19H2,(H,37,43)(H2,39,40,45)/t26-,30-,32-,35?/m0/s1. The third-order valence-corrected chi connectivity index (χ3v) is 12.1. The number of nitrogens with zero attached hydrogens (tertiary/aromatic N) is 1. The summed E-state index contributed by atoms with van der Waals surface area (Å²) in [7, 11) is 0. The molecule has 1 aromatic heterocycles. The molecule has 48 heavy (non-hydrogen) atoms. The van der Waals surface area contributed by atoms with Crippen LogP contribution in [-0.2, 0) is 22.4 Å². The van der Waals surface area contributed by atoms with Crippen molar-refractivity contribution in [3.05, 3.63) is 53.2 Å². The smallest absolute Gasteiger partial charge is 0.315 e. The van der Waals surface area contributed by atoms with Crippen molar-refractivity contribution in [3.63, 3.8) is 0 Å². The number of likely N-dealkylation sites (tertiary alicyclic amines) is 1. The van der Waals surface area contributed by atoms with E-state index in [1.54, 1.807) is 18.2 Å². The van der Waals surface area contributed by atoms with Gasteiger partial charge in [0.25, 0.3) is 5.91 Å². The average Bonchev–Trinajstić information content (AvgIpc) is 3.88. The van der Waals surface area contributed by atoms with Crippen LogP contribution in [0, 0.1) is 5.92 Å². The number of aryl methyl sites for hydroxylation is 2. The third-order valence-electron chi connectivity index (χ3n) is 10.6. The number of carbonyl (C=O) groups excluding carboxylic acids is 4. The van der Waals surface area contributed by atoms with Crippen molar-refractivity contribution in [3.8, 4) is 11.5 Å². The van der Waals surface area contributed by atoms with E-state index in [0.717, 1.165) is 48.8 Å². The maximum absolute atomic E-state index is 13.6. The number of aromatic amines is 1. The highest BCUT2D eigenvalue weighted by Gasteiger charge is 2.42. The van der Waals surface area contributed by atoms with E-state index >= 15 is 0 Å². The maximum Gasteiger partial charge on any atom is 0.315 e. The number of H-pyrrole nitrogens is 1.